The molecule has 0 spiro atoms. The summed E-state index contributed by atoms with van der Waals surface area (Å²) in [6, 6.07) is 0.198. The highest BCUT2D eigenvalue weighted by Crippen LogP contribution is 2.24. The number of urea groups is 1. The molecule has 1 aliphatic carbocycles. The van der Waals surface area contributed by atoms with Gasteiger partial charge in [-0.1, -0.05) is 0 Å². The first kappa shape index (κ1) is 12.3. The molecular weight excluding hydrogens is 218 g/mol. The number of nitrogens with zero attached hydrogens (tertiary/aromatic N) is 1. The highest BCUT2D eigenvalue weighted by atomic mass is 35.5. The SMILES string of the molecule is CN(CCNC(=O)NC(=O)CCl)C1CC1. The summed E-state index contributed by atoms with van der Waals surface area (Å²) in [4.78, 5) is 24.0. The van der Waals surface area contributed by atoms with Crippen molar-refractivity contribution in [3.63, 3.8) is 0 Å². The summed E-state index contributed by atoms with van der Waals surface area (Å²) in [5, 5.41) is 4.70. The van der Waals surface area contributed by atoms with E-state index >= 15 is 0 Å². The van der Waals surface area contributed by atoms with Crippen molar-refractivity contribution in [3.05, 3.63) is 0 Å². The molecule has 0 aromatic heterocycles. The van der Waals surface area contributed by atoms with Gasteiger partial charge in [0.1, 0.15) is 5.88 Å². The zero-order valence-corrected chi connectivity index (χ0v) is 9.51. The van der Waals surface area contributed by atoms with Gasteiger partial charge >= 0.3 is 6.03 Å². The topological polar surface area (TPSA) is 61.4 Å². The molecule has 0 heterocycles. The van der Waals surface area contributed by atoms with E-state index in [1.165, 1.54) is 12.8 Å². The number of alkyl halides is 1. The van der Waals surface area contributed by atoms with Gasteiger partial charge in [-0.2, -0.15) is 0 Å². The number of likely N-dealkylation sites (N-methyl/N-ethyl adjacent to an activating group) is 1. The Bertz CT molecular complexity index is 244. The standard InChI is InChI=1S/C9H16ClN3O2/c1-13(7-2-3-7)5-4-11-9(15)12-8(14)6-10/h7H,2-6H2,1H3,(H2,11,12,14,15). The Morgan fingerprint density at radius 2 is 2.13 bits per heavy atom. The van der Waals surface area contributed by atoms with Crippen molar-refractivity contribution in [3.8, 4) is 0 Å². The first-order valence-corrected chi connectivity index (χ1v) is 5.51. The number of imide groups is 1. The Hall–Kier alpha value is -0.810. The van der Waals surface area contributed by atoms with Crippen LogP contribution in [-0.4, -0.2) is 48.9 Å². The number of nitrogens with one attached hydrogen (secondary N) is 2. The summed E-state index contributed by atoms with van der Waals surface area (Å²) < 4.78 is 0. The molecule has 3 amide bonds. The molecular formula is C9H16ClN3O2. The maximum absolute atomic E-state index is 11.1. The number of hydrogen-bond donors (Lipinski definition) is 2. The van der Waals surface area contributed by atoms with Crippen LogP contribution in [0.25, 0.3) is 0 Å². The van der Waals surface area contributed by atoms with E-state index in [0.717, 1.165) is 6.54 Å². The molecule has 0 radical (unpaired) electrons. The summed E-state index contributed by atoms with van der Waals surface area (Å²) in [6.45, 7) is 1.33. The lowest BCUT2D eigenvalue weighted by Crippen LogP contribution is -2.42. The van der Waals surface area contributed by atoms with Crippen LogP contribution in [0, 0.1) is 0 Å². The van der Waals surface area contributed by atoms with Crippen LogP contribution < -0.4 is 10.6 Å². The van der Waals surface area contributed by atoms with Crippen LogP contribution in [0.1, 0.15) is 12.8 Å². The molecule has 86 valence electrons. The predicted molar refractivity (Wildman–Crippen MR) is 57.9 cm³/mol. The summed E-state index contributed by atoms with van der Waals surface area (Å²) >= 11 is 5.23. The fraction of sp³-hybridized carbons (Fsp3) is 0.778. The molecule has 1 aliphatic rings. The van der Waals surface area contributed by atoms with Crippen molar-refractivity contribution in [2.75, 3.05) is 26.0 Å². The fourth-order valence-corrected chi connectivity index (χ4v) is 1.31. The third-order valence-electron chi connectivity index (χ3n) is 2.29. The number of carbonyl (C=O) groups is 2. The van der Waals surface area contributed by atoms with E-state index < -0.39 is 11.9 Å². The highest BCUT2D eigenvalue weighted by molar-refractivity contribution is 6.28. The lowest BCUT2D eigenvalue weighted by Gasteiger charge is -2.15. The largest absolute Gasteiger partial charge is 0.337 e. The summed E-state index contributed by atoms with van der Waals surface area (Å²) in [7, 11) is 2.03. The summed E-state index contributed by atoms with van der Waals surface area (Å²) in [6.07, 6.45) is 2.49. The minimum Gasteiger partial charge on any atom is -0.337 e. The molecule has 1 rings (SSSR count). The van der Waals surface area contributed by atoms with E-state index in [1.807, 2.05) is 7.05 Å². The summed E-state index contributed by atoms with van der Waals surface area (Å²) in [5.41, 5.74) is 0. The lowest BCUT2D eigenvalue weighted by atomic mass is 10.5. The summed E-state index contributed by atoms with van der Waals surface area (Å²) in [5.74, 6) is -0.681. The first-order valence-electron chi connectivity index (χ1n) is 4.97. The molecule has 6 heteroatoms. The molecule has 0 atom stereocenters. The molecule has 1 saturated carbocycles. The van der Waals surface area contributed by atoms with Crippen LogP contribution in [0.4, 0.5) is 4.79 Å². The Morgan fingerprint density at radius 3 is 2.67 bits per heavy atom. The van der Waals surface area contributed by atoms with Crippen molar-refractivity contribution in [2.24, 2.45) is 0 Å². The van der Waals surface area contributed by atoms with Crippen LogP contribution in [0.15, 0.2) is 0 Å². The zero-order chi connectivity index (χ0) is 11.3. The minimum atomic E-state index is -0.482. The van der Waals surface area contributed by atoms with E-state index in [1.54, 1.807) is 0 Å². The van der Waals surface area contributed by atoms with E-state index in [0.29, 0.717) is 12.6 Å². The normalized spacial score (nSPS) is 15.1. The Kier molecular flexibility index (Phi) is 4.84. The zero-order valence-electron chi connectivity index (χ0n) is 8.75. The van der Waals surface area contributed by atoms with Gasteiger partial charge in [0.25, 0.3) is 0 Å². The maximum Gasteiger partial charge on any atom is 0.321 e. The number of rotatable bonds is 5. The van der Waals surface area contributed by atoms with Crippen molar-refractivity contribution >= 4 is 23.5 Å². The smallest absolute Gasteiger partial charge is 0.321 e. The molecule has 0 aromatic carbocycles. The Balaban J connectivity index is 2.03. The average molecular weight is 234 g/mol. The second-order valence-corrected chi connectivity index (χ2v) is 3.92. The molecule has 0 saturated heterocycles. The van der Waals surface area contributed by atoms with E-state index in [9.17, 15) is 9.59 Å². The molecule has 1 fully saturated rings. The van der Waals surface area contributed by atoms with Crippen LogP contribution in [-0.2, 0) is 4.79 Å². The number of halogens is 1. The van der Waals surface area contributed by atoms with Gasteiger partial charge < -0.3 is 10.2 Å². The van der Waals surface area contributed by atoms with Crippen LogP contribution in [0.3, 0.4) is 0 Å². The second kappa shape index (κ2) is 5.92. The molecule has 0 aromatic rings. The van der Waals surface area contributed by atoms with Gasteiger partial charge in [-0.15, -0.1) is 11.6 Å². The monoisotopic (exact) mass is 233 g/mol. The van der Waals surface area contributed by atoms with Gasteiger partial charge in [-0.25, -0.2) is 4.79 Å². The number of amides is 3. The number of hydrogen-bond acceptors (Lipinski definition) is 3. The quantitative estimate of drug-likeness (QED) is 0.665. The molecule has 5 nitrogen and oxygen atoms in total. The third-order valence-corrected chi connectivity index (χ3v) is 2.54. The molecule has 2 N–H and O–H groups in total. The molecule has 0 unspecified atom stereocenters. The lowest BCUT2D eigenvalue weighted by molar-refractivity contribution is -0.117. The van der Waals surface area contributed by atoms with Gasteiger partial charge in [0.05, 0.1) is 0 Å². The van der Waals surface area contributed by atoms with Gasteiger partial charge in [0.15, 0.2) is 0 Å². The van der Waals surface area contributed by atoms with E-state index in [4.69, 9.17) is 11.6 Å². The Morgan fingerprint density at radius 1 is 1.47 bits per heavy atom. The van der Waals surface area contributed by atoms with Crippen molar-refractivity contribution < 1.29 is 9.59 Å². The minimum absolute atomic E-state index is 0.199. The third kappa shape index (κ3) is 4.99. The van der Waals surface area contributed by atoms with Crippen molar-refractivity contribution in [2.45, 2.75) is 18.9 Å². The second-order valence-electron chi connectivity index (χ2n) is 3.65. The molecule has 0 bridgehead atoms. The van der Waals surface area contributed by atoms with Gasteiger partial charge in [0, 0.05) is 19.1 Å². The van der Waals surface area contributed by atoms with Gasteiger partial charge in [-0.05, 0) is 19.9 Å². The van der Waals surface area contributed by atoms with Gasteiger partial charge in [-0.3, -0.25) is 10.1 Å². The van der Waals surface area contributed by atoms with E-state index in [-0.39, 0.29) is 5.88 Å². The fourth-order valence-electron chi connectivity index (χ4n) is 1.25. The molecule has 15 heavy (non-hydrogen) atoms. The van der Waals surface area contributed by atoms with Gasteiger partial charge in [0.2, 0.25) is 5.91 Å². The molecule has 0 aliphatic heterocycles. The Labute approximate surface area is 94.1 Å². The predicted octanol–water partition coefficient (Wildman–Crippen LogP) is 0.145. The van der Waals surface area contributed by atoms with Crippen molar-refractivity contribution in [1.82, 2.24) is 15.5 Å². The van der Waals surface area contributed by atoms with Crippen LogP contribution >= 0.6 is 11.6 Å². The highest BCUT2D eigenvalue weighted by Gasteiger charge is 2.25. The van der Waals surface area contributed by atoms with Crippen molar-refractivity contribution in [1.29, 1.82) is 0 Å². The number of carbonyl (C=O) groups excluding carboxylic acids is 2. The average Bonchev–Trinajstić information content (AvgIpc) is 3.00. The first-order chi connectivity index (χ1) is 7.13. The van der Waals surface area contributed by atoms with Crippen LogP contribution in [0.2, 0.25) is 0 Å². The maximum atomic E-state index is 11.1. The van der Waals surface area contributed by atoms with Crippen LogP contribution in [0.5, 0.6) is 0 Å². The van der Waals surface area contributed by atoms with E-state index in [2.05, 4.69) is 15.5 Å².